The van der Waals surface area contributed by atoms with Gasteiger partial charge in [-0.25, -0.2) is 4.79 Å². The monoisotopic (exact) mass is 371 g/mol. The van der Waals surface area contributed by atoms with Gasteiger partial charge in [-0.2, -0.15) is 13.2 Å². The zero-order chi connectivity index (χ0) is 18.6. The predicted octanol–water partition coefficient (Wildman–Crippen LogP) is 3.28. The van der Waals surface area contributed by atoms with E-state index in [2.05, 4.69) is 10.2 Å². The molecule has 0 atom stereocenters. The van der Waals surface area contributed by atoms with E-state index < -0.39 is 17.8 Å². The van der Waals surface area contributed by atoms with Crippen LogP contribution < -0.4 is 5.32 Å². The quantitative estimate of drug-likeness (QED) is 0.887. The van der Waals surface area contributed by atoms with E-state index in [0.29, 0.717) is 19.0 Å². The molecule has 2 heterocycles. The molecule has 26 heavy (non-hydrogen) atoms. The number of piperidine rings is 1. The average molecular weight is 371 g/mol. The van der Waals surface area contributed by atoms with Crippen molar-refractivity contribution in [1.29, 1.82) is 0 Å². The zero-order valence-electron chi connectivity index (χ0n) is 14.6. The van der Waals surface area contributed by atoms with Gasteiger partial charge in [-0.3, -0.25) is 4.90 Å². The first-order valence-corrected chi connectivity index (χ1v) is 8.96. The predicted molar refractivity (Wildman–Crippen MR) is 92.0 cm³/mol. The van der Waals surface area contributed by atoms with Gasteiger partial charge in [0.2, 0.25) is 0 Å². The number of likely N-dealkylation sites (tertiary alicyclic amines) is 1. The molecule has 0 saturated carbocycles. The molecule has 0 spiro atoms. The number of morpholine rings is 1. The topological polar surface area (TPSA) is 44.8 Å². The Morgan fingerprint density at radius 2 is 1.77 bits per heavy atom. The van der Waals surface area contributed by atoms with E-state index in [1.165, 1.54) is 18.2 Å². The van der Waals surface area contributed by atoms with Crippen LogP contribution in [0.3, 0.4) is 0 Å². The Balaban J connectivity index is 1.51. The van der Waals surface area contributed by atoms with Crippen LogP contribution in [0.25, 0.3) is 0 Å². The maximum absolute atomic E-state index is 13.0. The van der Waals surface area contributed by atoms with Crippen LogP contribution >= 0.6 is 0 Å². The fourth-order valence-electron chi connectivity index (χ4n) is 3.50. The zero-order valence-corrected chi connectivity index (χ0v) is 14.6. The fraction of sp³-hybridized carbons (Fsp3) is 0.611. The second-order valence-corrected chi connectivity index (χ2v) is 6.82. The minimum atomic E-state index is -4.49. The lowest BCUT2D eigenvalue weighted by molar-refractivity contribution is -0.136. The molecule has 1 N–H and O–H groups in total. The Morgan fingerprint density at radius 3 is 2.42 bits per heavy atom. The Morgan fingerprint density at radius 1 is 1.12 bits per heavy atom. The van der Waals surface area contributed by atoms with Gasteiger partial charge >= 0.3 is 12.2 Å². The van der Waals surface area contributed by atoms with Gasteiger partial charge in [-0.05, 0) is 30.9 Å². The Hall–Kier alpha value is -1.80. The number of alkyl halides is 3. The van der Waals surface area contributed by atoms with Crippen LogP contribution in [0.5, 0.6) is 0 Å². The molecule has 0 unspecified atom stereocenters. The molecule has 0 radical (unpaired) electrons. The van der Waals surface area contributed by atoms with Gasteiger partial charge in [0, 0.05) is 32.7 Å². The second-order valence-electron chi connectivity index (χ2n) is 6.82. The number of nitrogens with one attached hydrogen (secondary N) is 1. The highest BCUT2D eigenvalue weighted by Gasteiger charge is 2.34. The maximum atomic E-state index is 13.0. The molecule has 3 rings (SSSR count). The summed E-state index contributed by atoms with van der Waals surface area (Å²) in [5.41, 5.74) is -1.02. The Labute approximate surface area is 151 Å². The highest BCUT2D eigenvalue weighted by atomic mass is 19.4. The lowest BCUT2D eigenvalue weighted by Gasteiger charge is -2.36. The summed E-state index contributed by atoms with van der Waals surface area (Å²) in [5.74, 6) is 0.514. The van der Waals surface area contributed by atoms with Crippen molar-refractivity contribution in [1.82, 2.24) is 9.80 Å². The third kappa shape index (κ3) is 4.88. The lowest BCUT2D eigenvalue weighted by atomic mass is 9.96. The van der Waals surface area contributed by atoms with Gasteiger partial charge in [0.15, 0.2) is 0 Å². The van der Waals surface area contributed by atoms with Gasteiger partial charge in [0.25, 0.3) is 0 Å². The van der Waals surface area contributed by atoms with Crippen molar-refractivity contribution in [2.45, 2.75) is 19.0 Å². The van der Waals surface area contributed by atoms with Crippen LogP contribution in [-0.4, -0.2) is 61.8 Å². The summed E-state index contributed by atoms with van der Waals surface area (Å²) in [7, 11) is 0. The smallest absolute Gasteiger partial charge is 0.379 e. The molecule has 144 valence electrons. The summed E-state index contributed by atoms with van der Waals surface area (Å²) in [6.07, 6.45) is -2.76. The fourth-order valence-corrected chi connectivity index (χ4v) is 3.50. The number of anilines is 1. The number of hydrogen-bond acceptors (Lipinski definition) is 3. The van der Waals surface area contributed by atoms with E-state index in [9.17, 15) is 18.0 Å². The molecular weight excluding hydrogens is 347 g/mol. The highest BCUT2D eigenvalue weighted by Crippen LogP contribution is 2.34. The van der Waals surface area contributed by atoms with E-state index >= 15 is 0 Å². The number of amides is 2. The van der Waals surface area contributed by atoms with Crippen LogP contribution in [0.15, 0.2) is 24.3 Å². The molecule has 5 nitrogen and oxygen atoms in total. The number of nitrogens with zero attached hydrogens (tertiary/aromatic N) is 2. The van der Waals surface area contributed by atoms with E-state index in [1.807, 2.05) is 0 Å². The number of rotatable bonds is 3. The Kier molecular flexibility index (Phi) is 6.03. The second kappa shape index (κ2) is 8.26. The van der Waals surface area contributed by atoms with Gasteiger partial charge in [-0.15, -0.1) is 0 Å². The molecule has 0 bridgehead atoms. The standard InChI is InChI=1S/C18H24F3N3O2/c19-18(20,21)15-3-1-2-4-16(15)22-17(25)24-7-5-14(6-8-24)13-23-9-11-26-12-10-23/h1-4,14H,5-13H2,(H,22,25). The van der Waals surface area contributed by atoms with E-state index in [-0.39, 0.29) is 5.69 Å². The number of para-hydroxylation sites is 1. The average Bonchev–Trinajstić information content (AvgIpc) is 2.63. The molecule has 1 aromatic carbocycles. The summed E-state index contributed by atoms with van der Waals surface area (Å²) < 4.78 is 44.5. The largest absolute Gasteiger partial charge is 0.418 e. The number of halogens is 3. The third-order valence-electron chi connectivity index (χ3n) is 5.00. The third-order valence-corrected chi connectivity index (χ3v) is 5.00. The van der Waals surface area contributed by atoms with E-state index in [4.69, 9.17) is 4.74 Å². The van der Waals surface area contributed by atoms with Crippen molar-refractivity contribution >= 4 is 11.7 Å². The van der Waals surface area contributed by atoms with E-state index in [1.54, 1.807) is 4.90 Å². The normalized spacial score (nSPS) is 20.2. The van der Waals surface area contributed by atoms with Crippen LogP contribution in [0, 0.1) is 5.92 Å². The van der Waals surface area contributed by atoms with Crippen LogP contribution in [-0.2, 0) is 10.9 Å². The SMILES string of the molecule is O=C(Nc1ccccc1C(F)(F)F)N1CCC(CN2CCOCC2)CC1. The highest BCUT2D eigenvalue weighted by molar-refractivity contribution is 5.90. The molecule has 2 aliphatic heterocycles. The van der Waals surface area contributed by atoms with Crippen LogP contribution in [0.2, 0.25) is 0 Å². The van der Waals surface area contributed by atoms with Crippen molar-refractivity contribution < 1.29 is 22.7 Å². The molecule has 8 heteroatoms. The van der Waals surface area contributed by atoms with Crippen molar-refractivity contribution in [2.75, 3.05) is 51.3 Å². The molecular formula is C18H24F3N3O2. The molecule has 2 fully saturated rings. The summed E-state index contributed by atoms with van der Waals surface area (Å²) >= 11 is 0. The molecule has 2 aliphatic rings. The number of carbonyl (C=O) groups excluding carboxylic acids is 1. The van der Waals surface area contributed by atoms with Gasteiger partial charge in [-0.1, -0.05) is 12.1 Å². The minimum Gasteiger partial charge on any atom is -0.379 e. The lowest BCUT2D eigenvalue weighted by Crippen LogP contribution is -2.45. The summed E-state index contributed by atoms with van der Waals surface area (Å²) in [5, 5.41) is 2.42. The van der Waals surface area contributed by atoms with Gasteiger partial charge < -0.3 is 15.0 Å². The molecule has 0 aliphatic carbocycles. The number of carbonyl (C=O) groups is 1. The minimum absolute atomic E-state index is 0.194. The van der Waals surface area contributed by atoms with Crippen LogP contribution in [0.1, 0.15) is 18.4 Å². The summed E-state index contributed by atoms with van der Waals surface area (Å²) in [4.78, 5) is 16.3. The first-order valence-electron chi connectivity index (χ1n) is 8.96. The Bertz CT molecular complexity index is 610. The summed E-state index contributed by atoms with van der Waals surface area (Å²) in [6, 6.07) is 4.59. The van der Waals surface area contributed by atoms with Crippen molar-refractivity contribution in [2.24, 2.45) is 5.92 Å². The molecule has 1 aromatic rings. The number of ether oxygens (including phenoxy) is 1. The first kappa shape index (κ1) is 19.0. The first-order chi connectivity index (χ1) is 12.4. The van der Waals surface area contributed by atoms with Crippen molar-refractivity contribution in [3.8, 4) is 0 Å². The number of benzene rings is 1. The molecule has 2 saturated heterocycles. The van der Waals surface area contributed by atoms with Crippen LogP contribution in [0.4, 0.5) is 23.7 Å². The number of urea groups is 1. The van der Waals surface area contributed by atoms with Gasteiger partial charge in [0.05, 0.1) is 24.5 Å². The molecule has 0 aromatic heterocycles. The van der Waals surface area contributed by atoms with Gasteiger partial charge in [0.1, 0.15) is 0 Å². The van der Waals surface area contributed by atoms with E-state index in [0.717, 1.165) is 51.8 Å². The maximum Gasteiger partial charge on any atom is 0.418 e. The van der Waals surface area contributed by atoms with Crippen molar-refractivity contribution in [3.05, 3.63) is 29.8 Å². The number of hydrogen-bond donors (Lipinski definition) is 1. The summed E-state index contributed by atoms with van der Waals surface area (Å²) in [6.45, 7) is 5.53. The van der Waals surface area contributed by atoms with Crippen molar-refractivity contribution in [3.63, 3.8) is 0 Å². The molecule has 2 amide bonds.